The van der Waals surface area contributed by atoms with E-state index < -0.39 is 75.0 Å². The molecule has 0 radical (unpaired) electrons. The summed E-state index contributed by atoms with van der Waals surface area (Å²) < 4.78 is 52.7. The zero-order valence-corrected chi connectivity index (χ0v) is 23.1. The number of ketones is 1. The van der Waals surface area contributed by atoms with Gasteiger partial charge < -0.3 is 9.84 Å². The normalized spacial score (nSPS) is 43.6. The van der Waals surface area contributed by atoms with Gasteiger partial charge in [-0.1, -0.05) is 19.9 Å². The number of fused-ring (bicyclic) bond motifs is 5. The molecule has 6 nitrogen and oxygen atoms in total. The average Bonchev–Trinajstić information content (AvgIpc) is 3.37. The van der Waals surface area contributed by atoms with Crippen molar-refractivity contribution in [3.63, 3.8) is 0 Å². The highest BCUT2D eigenvalue weighted by Crippen LogP contribution is 2.72. The van der Waals surface area contributed by atoms with Crippen molar-refractivity contribution in [1.82, 2.24) is 4.98 Å². The number of aryl methyl sites for hydroxylation is 1. The highest BCUT2D eigenvalue weighted by molar-refractivity contribution is 8.13. The number of hydrogen-bond donors (Lipinski definition) is 1. The average molecular weight is 570 g/mol. The first kappa shape index (κ1) is 27.6. The lowest BCUT2D eigenvalue weighted by atomic mass is 9.44. The molecule has 0 bridgehead atoms. The molecule has 0 aromatic carbocycles. The Morgan fingerprint density at radius 2 is 2.00 bits per heavy atom. The van der Waals surface area contributed by atoms with Crippen molar-refractivity contribution in [2.24, 2.45) is 28.6 Å². The molecule has 206 valence electrons. The SMILES string of the molecule is Cc1ncsc1C(=O)O[C@]1(C(=O)SCF)[C@H](C)CC2C3C[C@H](F)C4=CC(=O)C=C[C@]4(C)C3(F)[C@@H](O)C[C@@]21C. The van der Waals surface area contributed by atoms with Crippen molar-refractivity contribution in [3.05, 3.63) is 39.9 Å². The third kappa shape index (κ3) is 3.36. The number of rotatable bonds is 4. The number of esters is 1. The van der Waals surface area contributed by atoms with Crippen LogP contribution in [0, 0.1) is 35.5 Å². The van der Waals surface area contributed by atoms with Gasteiger partial charge in [0.15, 0.2) is 17.1 Å². The van der Waals surface area contributed by atoms with Gasteiger partial charge in [-0.15, -0.1) is 11.3 Å². The topological polar surface area (TPSA) is 93.6 Å². The lowest BCUT2D eigenvalue weighted by Crippen LogP contribution is -2.70. The number of carbonyl (C=O) groups is 3. The number of nitrogens with zero attached hydrogens (tertiary/aromatic N) is 1. The van der Waals surface area contributed by atoms with Crippen molar-refractivity contribution in [3.8, 4) is 0 Å². The van der Waals surface area contributed by atoms with Crippen molar-refractivity contribution in [2.75, 3.05) is 6.01 Å². The number of allylic oxidation sites excluding steroid dienone is 4. The van der Waals surface area contributed by atoms with Crippen LogP contribution in [0.15, 0.2) is 29.3 Å². The second-order valence-electron chi connectivity index (χ2n) is 11.4. The molecule has 0 aliphatic heterocycles. The third-order valence-electron chi connectivity index (χ3n) is 9.84. The largest absolute Gasteiger partial charge is 0.445 e. The fourth-order valence-corrected chi connectivity index (χ4v) is 9.53. The van der Waals surface area contributed by atoms with Crippen LogP contribution in [0.1, 0.15) is 55.4 Å². The van der Waals surface area contributed by atoms with E-state index in [1.807, 2.05) is 0 Å². The second-order valence-corrected chi connectivity index (χ2v) is 13.2. The molecule has 1 N–H and O–H groups in total. The summed E-state index contributed by atoms with van der Waals surface area (Å²) in [4.78, 5) is 43.3. The third-order valence-corrected chi connectivity index (χ3v) is 11.4. The fraction of sp³-hybridized carbons (Fsp3) is 0.630. The van der Waals surface area contributed by atoms with Crippen LogP contribution in [0.3, 0.4) is 0 Å². The summed E-state index contributed by atoms with van der Waals surface area (Å²) in [5.74, 6) is -3.63. The smallest absolute Gasteiger partial charge is 0.351 e. The zero-order chi connectivity index (χ0) is 27.8. The summed E-state index contributed by atoms with van der Waals surface area (Å²) in [5, 5.41) is 10.8. The van der Waals surface area contributed by atoms with E-state index >= 15 is 8.78 Å². The maximum atomic E-state index is 17.4. The van der Waals surface area contributed by atoms with E-state index in [2.05, 4.69) is 4.98 Å². The molecule has 0 saturated heterocycles. The van der Waals surface area contributed by atoms with Gasteiger partial charge in [0.05, 0.1) is 17.3 Å². The van der Waals surface area contributed by atoms with Crippen molar-refractivity contribution >= 4 is 40.0 Å². The number of alkyl halides is 3. The van der Waals surface area contributed by atoms with E-state index in [1.165, 1.54) is 24.6 Å². The minimum absolute atomic E-state index is 0.000119. The van der Waals surface area contributed by atoms with Crippen LogP contribution < -0.4 is 0 Å². The minimum atomic E-state index is -2.34. The van der Waals surface area contributed by atoms with Crippen molar-refractivity contribution in [1.29, 1.82) is 0 Å². The highest BCUT2D eigenvalue weighted by Gasteiger charge is 2.78. The molecule has 4 aliphatic rings. The van der Waals surface area contributed by atoms with Gasteiger partial charge in [0.1, 0.15) is 17.1 Å². The highest BCUT2D eigenvalue weighted by atomic mass is 32.2. The lowest BCUT2D eigenvalue weighted by Gasteiger charge is -2.63. The number of halogens is 3. The predicted octanol–water partition coefficient (Wildman–Crippen LogP) is 5.10. The standard InChI is InChI=1S/C27H30F3NO5S2/c1-13-7-16-17-9-19(29)18-8-15(32)5-6-24(18,3)26(17,30)20(33)10-25(16,4)27(13,23(35)37-11-28)36-22(34)21-14(2)31-12-38-21/h5-6,8,12-13,16-17,19-20,33H,7,9-11H2,1-4H3/t13-,16?,17?,19+,20+,24+,25+,26?,27+/m1/s1. The molecule has 3 unspecified atom stereocenters. The Morgan fingerprint density at radius 3 is 2.63 bits per heavy atom. The molecule has 11 heteroatoms. The Morgan fingerprint density at radius 1 is 1.29 bits per heavy atom. The maximum Gasteiger partial charge on any atom is 0.351 e. The molecule has 5 rings (SSSR count). The summed E-state index contributed by atoms with van der Waals surface area (Å²) >= 11 is 1.42. The van der Waals surface area contributed by atoms with E-state index in [-0.39, 0.29) is 29.7 Å². The molecule has 0 amide bonds. The number of aliphatic hydroxyl groups is 1. The summed E-state index contributed by atoms with van der Waals surface area (Å²) in [5.41, 5.74) is -5.23. The van der Waals surface area contributed by atoms with E-state index in [0.29, 0.717) is 17.5 Å². The van der Waals surface area contributed by atoms with Gasteiger partial charge in [0, 0.05) is 22.7 Å². The van der Waals surface area contributed by atoms with Crippen LogP contribution in [0.5, 0.6) is 0 Å². The molecule has 1 heterocycles. The van der Waals surface area contributed by atoms with Crippen molar-refractivity contribution < 1.29 is 37.4 Å². The van der Waals surface area contributed by atoms with Crippen LogP contribution in [0.2, 0.25) is 0 Å². The lowest BCUT2D eigenvalue weighted by molar-refractivity contribution is -0.221. The molecule has 1 aromatic rings. The van der Waals surface area contributed by atoms with E-state index in [1.54, 1.807) is 20.8 Å². The number of thioether (sulfide) groups is 1. The first-order chi connectivity index (χ1) is 17.8. The molecule has 3 fully saturated rings. The minimum Gasteiger partial charge on any atom is -0.445 e. The summed E-state index contributed by atoms with van der Waals surface area (Å²) in [7, 11) is 0. The summed E-state index contributed by atoms with van der Waals surface area (Å²) in [6.45, 7) is 6.48. The van der Waals surface area contributed by atoms with Gasteiger partial charge in [0.25, 0.3) is 0 Å². The first-order valence-corrected chi connectivity index (χ1v) is 14.5. The van der Waals surface area contributed by atoms with E-state index in [4.69, 9.17) is 4.74 Å². The van der Waals surface area contributed by atoms with Gasteiger partial charge in [-0.05, 0) is 68.5 Å². The molecule has 1 aromatic heterocycles. The Bertz CT molecular complexity index is 1270. The maximum absolute atomic E-state index is 17.4. The molecular weight excluding hydrogens is 539 g/mol. The monoisotopic (exact) mass is 569 g/mol. The predicted molar refractivity (Wildman–Crippen MR) is 137 cm³/mol. The van der Waals surface area contributed by atoms with Gasteiger partial charge in [0.2, 0.25) is 5.12 Å². The number of aromatic nitrogens is 1. The second kappa shape index (κ2) is 9.02. The molecule has 38 heavy (non-hydrogen) atoms. The molecule has 0 spiro atoms. The Hall–Kier alpha value is -1.98. The van der Waals surface area contributed by atoms with Crippen LogP contribution >= 0.6 is 23.1 Å². The quantitative estimate of drug-likeness (QED) is 0.505. The Labute approximate surface area is 227 Å². The fourth-order valence-electron chi connectivity index (χ4n) is 8.06. The number of thiazole rings is 1. The number of aliphatic hydroxyl groups excluding tert-OH is 1. The van der Waals surface area contributed by atoms with Crippen LogP contribution in [-0.2, 0) is 14.3 Å². The van der Waals surface area contributed by atoms with E-state index in [9.17, 15) is 23.9 Å². The van der Waals surface area contributed by atoms with Gasteiger partial charge in [-0.2, -0.15) is 0 Å². The number of ether oxygens (including phenoxy) is 1. The zero-order valence-electron chi connectivity index (χ0n) is 21.5. The molecule has 9 atom stereocenters. The van der Waals surface area contributed by atoms with Crippen LogP contribution in [0.4, 0.5) is 13.2 Å². The molecular formula is C27H30F3NO5S2. The van der Waals surface area contributed by atoms with Crippen LogP contribution in [0.25, 0.3) is 0 Å². The number of carbonyl (C=O) groups excluding carboxylic acids is 3. The van der Waals surface area contributed by atoms with E-state index in [0.717, 1.165) is 17.4 Å². The molecule has 4 aliphatic carbocycles. The Balaban J connectivity index is 1.64. The van der Waals surface area contributed by atoms with Gasteiger partial charge in [-0.25, -0.2) is 22.9 Å². The molecule has 3 saturated carbocycles. The number of hydrogen-bond acceptors (Lipinski definition) is 8. The van der Waals surface area contributed by atoms with Gasteiger partial charge >= 0.3 is 5.97 Å². The first-order valence-electron chi connectivity index (χ1n) is 12.6. The van der Waals surface area contributed by atoms with Crippen LogP contribution in [-0.4, -0.2) is 56.5 Å². The van der Waals surface area contributed by atoms with Gasteiger partial charge in [-0.3, -0.25) is 9.59 Å². The summed E-state index contributed by atoms with van der Waals surface area (Å²) in [6.07, 6.45) is -0.0246. The summed E-state index contributed by atoms with van der Waals surface area (Å²) in [6, 6.07) is -1.05. The van der Waals surface area contributed by atoms with Crippen molar-refractivity contribution in [2.45, 2.75) is 70.5 Å². The Kier molecular flexibility index (Phi) is 6.55.